The van der Waals surface area contributed by atoms with Crippen molar-refractivity contribution in [3.05, 3.63) is 34.4 Å². The molecule has 0 spiro atoms. The summed E-state index contributed by atoms with van der Waals surface area (Å²) in [6.45, 7) is 9.97. The molecule has 0 aliphatic heterocycles. The van der Waals surface area contributed by atoms with Crippen LogP contribution in [0.25, 0.3) is 12.2 Å². The summed E-state index contributed by atoms with van der Waals surface area (Å²) < 4.78 is 0. The average molecular weight is 277 g/mol. The fourth-order valence-corrected chi connectivity index (χ4v) is 2.55. The normalized spacial score (nSPS) is 17.4. The smallest absolute Gasteiger partial charge is 0.129 e. The minimum Gasteiger partial charge on any atom is -0.238 e. The summed E-state index contributed by atoms with van der Waals surface area (Å²) in [7, 11) is 0. The summed E-state index contributed by atoms with van der Waals surface area (Å²) >= 11 is 5.96. The van der Waals surface area contributed by atoms with Crippen molar-refractivity contribution in [2.45, 2.75) is 46.5 Å². The largest absolute Gasteiger partial charge is 0.238 e. The van der Waals surface area contributed by atoms with Crippen molar-refractivity contribution in [1.82, 2.24) is 9.97 Å². The van der Waals surface area contributed by atoms with Crippen LogP contribution in [0.4, 0.5) is 0 Å². The van der Waals surface area contributed by atoms with Crippen molar-refractivity contribution in [2.24, 2.45) is 5.41 Å². The van der Waals surface area contributed by atoms with Crippen molar-refractivity contribution in [2.75, 3.05) is 0 Å². The molecule has 19 heavy (non-hydrogen) atoms. The summed E-state index contributed by atoms with van der Waals surface area (Å²) in [6.07, 6.45) is 8.49. The maximum Gasteiger partial charge on any atom is 0.129 e. The Labute approximate surface area is 120 Å². The van der Waals surface area contributed by atoms with Gasteiger partial charge in [-0.1, -0.05) is 31.5 Å². The molecular weight excluding hydrogens is 256 g/mol. The van der Waals surface area contributed by atoms with E-state index in [0.29, 0.717) is 5.41 Å². The standard InChI is InChI=1S/C16H21ClN2/c1-5-14-13(9-11(3)17)12(4)18-15(19-14)10-16(6-2)7-8-16/h5,9H,1,6-8,10H2,2-4H3/b11-9+. The van der Waals surface area contributed by atoms with Crippen LogP contribution in [0.1, 0.15) is 55.9 Å². The number of aromatic nitrogens is 2. The first-order valence-electron chi connectivity index (χ1n) is 6.83. The van der Waals surface area contributed by atoms with Crippen LogP contribution in [0, 0.1) is 12.3 Å². The molecule has 1 aromatic rings. The molecule has 1 fully saturated rings. The maximum absolute atomic E-state index is 5.96. The highest BCUT2D eigenvalue weighted by molar-refractivity contribution is 6.31. The number of hydrogen-bond acceptors (Lipinski definition) is 2. The predicted molar refractivity (Wildman–Crippen MR) is 82.0 cm³/mol. The van der Waals surface area contributed by atoms with Crippen molar-refractivity contribution < 1.29 is 0 Å². The van der Waals surface area contributed by atoms with Gasteiger partial charge in [-0.2, -0.15) is 0 Å². The molecule has 0 saturated heterocycles. The van der Waals surface area contributed by atoms with Gasteiger partial charge in [-0.05, 0) is 44.3 Å². The molecule has 0 bridgehead atoms. The fourth-order valence-electron chi connectivity index (χ4n) is 2.44. The zero-order chi connectivity index (χ0) is 14.0. The third-order valence-electron chi connectivity index (χ3n) is 3.99. The van der Waals surface area contributed by atoms with Crippen molar-refractivity contribution in [3.8, 4) is 0 Å². The molecule has 1 aromatic heterocycles. The van der Waals surface area contributed by atoms with E-state index in [9.17, 15) is 0 Å². The van der Waals surface area contributed by atoms with Crippen LogP contribution in [0.2, 0.25) is 0 Å². The maximum atomic E-state index is 5.96. The molecule has 0 aromatic carbocycles. The van der Waals surface area contributed by atoms with Crippen LogP contribution in [-0.4, -0.2) is 9.97 Å². The number of nitrogens with zero attached hydrogens (tertiary/aromatic N) is 2. The van der Waals surface area contributed by atoms with Crippen molar-refractivity contribution in [3.63, 3.8) is 0 Å². The highest BCUT2D eigenvalue weighted by Gasteiger charge is 2.41. The van der Waals surface area contributed by atoms with E-state index in [1.54, 1.807) is 6.08 Å². The molecule has 0 radical (unpaired) electrons. The second-order valence-electron chi connectivity index (χ2n) is 5.49. The van der Waals surface area contributed by atoms with E-state index < -0.39 is 0 Å². The van der Waals surface area contributed by atoms with Gasteiger partial charge in [-0.3, -0.25) is 0 Å². The van der Waals surface area contributed by atoms with Crippen LogP contribution in [-0.2, 0) is 6.42 Å². The third kappa shape index (κ3) is 3.24. The zero-order valence-electron chi connectivity index (χ0n) is 12.0. The summed E-state index contributed by atoms with van der Waals surface area (Å²) in [5.74, 6) is 0.941. The van der Waals surface area contributed by atoms with Gasteiger partial charge in [0.15, 0.2) is 0 Å². The Morgan fingerprint density at radius 2 is 2.11 bits per heavy atom. The lowest BCUT2D eigenvalue weighted by Crippen LogP contribution is -2.10. The van der Waals surface area contributed by atoms with E-state index in [2.05, 4.69) is 23.5 Å². The van der Waals surface area contributed by atoms with Gasteiger partial charge < -0.3 is 0 Å². The number of rotatable bonds is 5. The average Bonchev–Trinajstić information content (AvgIpc) is 3.12. The minimum absolute atomic E-state index is 0.463. The summed E-state index contributed by atoms with van der Waals surface area (Å²) in [6, 6.07) is 0. The van der Waals surface area contributed by atoms with Gasteiger partial charge in [0.25, 0.3) is 0 Å². The van der Waals surface area contributed by atoms with E-state index in [0.717, 1.165) is 34.2 Å². The van der Waals surface area contributed by atoms with Gasteiger partial charge in [0.05, 0.1) is 5.69 Å². The first kappa shape index (κ1) is 14.3. The number of halogens is 1. The van der Waals surface area contributed by atoms with Crippen LogP contribution in [0.3, 0.4) is 0 Å². The second-order valence-corrected chi connectivity index (χ2v) is 6.09. The molecule has 1 heterocycles. The van der Waals surface area contributed by atoms with Crippen LogP contribution in [0.5, 0.6) is 0 Å². The highest BCUT2D eigenvalue weighted by atomic mass is 35.5. The molecule has 2 rings (SSSR count). The molecule has 0 amide bonds. The van der Waals surface area contributed by atoms with Gasteiger partial charge in [-0.15, -0.1) is 0 Å². The molecule has 0 atom stereocenters. The van der Waals surface area contributed by atoms with Gasteiger partial charge in [0.1, 0.15) is 5.82 Å². The predicted octanol–water partition coefficient (Wildman–Crippen LogP) is 4.76. The van der Waals surface area contributed by atoms with E-state index in [1.807, 2.05) is 19.9 Å². The summed E-state index contributed by atoms with van der Waals surface area (Å²) in [5, 5.41) is 0.731. The Hall–Kier alpha value is -1.15. The Balaban J connectivity index is 2.36. The molecule has 0 N–H and O–H groups in total. The molecule has 2 nitrogen and oxygen atoms in total. The van der Waals surface area contributed by atoms with Crippen LogP contribution >= 0.6 is 11.6 Å². The van der Waals surface area contributed by atoms with E-state index in [1.165, 1.54) is 19.3 Å². The fraction of sp³-hybridized carbons (Fsp3) is 0.500. The van der Waals surface area contributed by atoms with Crippen LogP contribution in [0.15, 0.2) is 11.6 Å². The minimum atomic E-state index is 0.463. The summed E-state index contributed by atoms with van der Waals surface area (Å²) in [4.78, 5) is 9.29. The lowest BCUT2D eigenvalue weighted by molar-refractivity contribution is 0.474. The Morgan fingerprint density at radius 3 is 2.58 bits per heavy atom. The van der Waals surface area contributed by atoms with Crippen molar-refractivity contribution >= 4 is 23.8 Å². The lowest BCUT2D eigenvalue weighted by Gasteiger charge is -2.13. The van der Waals surface area contributed by atoms with Crippen LogP contribution < -0.4 is 0 Å². The number of allylic oxidation sites excluding steroid dienone is 1. The quantitative estimate of drug-likeness (QED) is 0.775. The van der Waals surface area contributed by atoms with Crippen molar-refractivity contribution in [1.29, 1.82) is 0 Å². The van der Waals surface area contributed by atoms with Gasteiger partial charge in [0, 0.05) is 22.7 Å². The molecule has 3 heteroatoms. The SMILES string of the molecule is C=Cc1nc(CC2(CC)CC2)nc(C)c1/C=C(\C)Cl. The molecule has 1 aliphatic rings. The first-order chi connectivity index (χ1) is 8.99. The third-order valence-corrected chi connectivity index (χ3v) is 4.10. The van der Waals surface area contributed by atoms with Gasteiger partial charge in [-0.25, -0.2) is 9.97 Å². The van der Waals surface area contributed by atoms with Gasteiger partial charge in [0.2, 0.25) is 0 Å². The monoisotopic (exact) mass is 276 g/mol. The first-order valence-corrected chi connectivity index (χ1v) is 7.21. The number of hydrogen-bond donors (Lipinski definition) is 0. The molecule has 1 aliphatic carbocycles. The van der Waals surface area contributed by atoms with Gasteiger partial charge >= 0.3 is 0 Å². The topological polar surface area (TPSA) is 25.8 Å². The molecule has 102 valence electrons. The summed E-state index contributed by atoms with van der Waals surface area (Å²) in [5.41, 5.74) is 3.30. The molecule has 1 saturated carbocycles. The van der Waals surface area contributed by atoms with E-state index in [4.69, 9.17) is 11.6 Å². The van der Waals surface area contributed by atoms with E-state index >= 15 is 0 Å². The Kier molecular flexibility index (Phi) is 4.10. The van der Waals surface area contributed by atoms with E-state index in [-0.39, 0.29) is 0 Å². The number of aryl methyl sites for hydroxylation is 1. The molecule has 0 unspecified atom stereocenters. The Morgan fingerprint density at radius 1 is 1.42 bits per heavy atom. The zero-order valence-corrected chi connectivity index (χ0v) is 12.7. The molecular formula is C16H21ClN2. The Bertz CT molecular complexity index is 524. The second kappa shape index (κ2) is 5.46. The highest BCUT2D eigenvalue weighted by Crippen LogP contribution is 2.50. The lowest BCUT2D eigenvalue weighted by atomic mass is 9.98.